The third-order valence-electron chi connectivity index (χ3n) is 3.24. The number of nitrogens with one attached hydrogen (secondary N) is 3. The van der Waals surface area contributed by atoms with Crippen molar-refractivity contribution in [1.82, 2.24) is 5.32 Å². The van der Waals surface area contributed by atoms with E-state index in [1.807, 2.05) is 30.3 Å². The van der Waals surface area contributed by atoms with Gasteiger partial charge in [-0.1, -0.05) is 24.3 Å². The van der Waals surface area contributed by atoms with Crippen LogP contribution >= 0.6 is 0 Å². The highest BCUT2D eigenvalue weighted by Gasteiger charge is 2.06. The molecule has 0 bridgehead atoms. The van der Waals surface area contributed by atoms with Gasteiger partial charge in [0.1, 0.15) is 0 Å². The fourth-order valence-electron chi connectivity index (χ4n) is 2.04. The van der Waals surface area contributed by atoms with E-state index in [0.29, 0.717) is 24.4 Å². The van der Waals surface area contributed by atoms with Crippen molar-refractivity contribution in [3.8, 4) is 0 Å². The normalized spacial score (nSPS) is 10.0. The van der Waals surface area contributed by atoms with Crippen LogP contribution in [0.5, 0.6) is 0 Å². The Labute approximate surface area is 141 Å². The Bertz CT molecular complexity index is 674. The fraction of sp³-hybridized carbons (Fsp3) is 0.222. The van der Waals surface area contributed by atoms with Gasteiger partial charge in [0.05, 0.1) is 13.2 Å². The van der Waals surface area contributed by atoms with Crippen molar-refractivity contribution in [2.75, 3.05) is 37.4 Å². The van der Waals surface area contributed by atoms with E-state index in [0.717, 1.165) is 5.69 Å². The van der Waals surface area contributed by atoms with Crippen LogP contribution in [0.15, 0.2) is 54.6 Å². The van der Waals surface area contributed by atoms with Crippen LogP contribution in [0.25, 0.3) is 0 Å². The number of anilines is 2. The van der Waals surface area contributed by atoms with Crippen molar-refractivity contribution < 1.29 is 14.3 Å². The highest BCUT2D eigenvalue weighted by molar-refractivity contribution is 6.04. The molecular formula is C18H21N3O3. The molecule has 0 heterocycles. The molecular weight excluding hydrogens is 306 g/mol. The predicted molar refractivity (Wildman–Crippen MR) is 94.2 cm³/mol. The van der Waals surface area contributed by atoms with Gasteiger partial charge in [0.2, 0.25) is 5.91 Å². The van der Waals surface area contributed by atoms with Crippen molar-refractivity contribution in [2.24, 2.45) is 0 Å². The second-order valence-corrected chi connectivity index (χ2v) is 5.10. The average molecular weight is 327 g/mol. The van der Waals surface area contributed by atoms with Gasteiger partial charge < -0.3 is 20.7 Å². The maximum Gasteiger partial charge on any atom is 0.255 e. The maximum absolute atomic E-state index is 12.1. The van der Waals surface area contributed by atoms with Crippen LogP contribution in [-0.2, 0) is 9.53 Å². The quantitative estimate of drug-likeness (QED) is 0.649. The Morgan fingerprint density at radius 1 is 1.00 bits per heavy atom. The highest BCUT2D eigenvalue weighted by Crippen LogP contribution is 2.15. The molecule has 2 aromatic rings. The zero-order chi connectivity index (χ0) is 17.2. The molecule has 0 atom stereocenters. The second kappa shape index (κ2) is 9.32. The molecule has 0 aliphatic carbocycles. The fourth-order valence-corrected chi connectivity index (χ4v) is 2.04. The number of carbonyl (C=O) groups is 2. The molecule has 0 unspecified atom stereocenters. The molecule has 0 saturated carbocycles. The summed E-state index contributed by atoms with van der Waals surface area (Å²) >= 11 is 0. The molecule has 6 heteroatoms. The molecule has 0 aromatic heterocycles. The highest BCUT2D eigenvalue weighted by atomic mass is 16.5. The summed E-state index contributed by atoms with van der Waals surface area (Å²) in [6.07, 6.45) is 0. The van der Waals surface area contributed by atoms with Gasteiger partial charge >= 0.3 is 0 Å². The number of rotatable bonds is 8. The summed E-state index contributed by atoms with van der Waals surface area (Å²) in [5.74, 6) is -0.296. The van der Waals surface area contributed by atoms with Crippen molar-refractivity contribution in [3.05, 3.63) is 60.2 Å². The molecule has 126 valence electrons. The Balaban J connectivity index is 1.87. The zero-order valence-corrected chi connectivity index (χ0v) is 13.5. The van der Waals surface area contributed by atoms with E-state index in [1.165, 1.54) is 0 Å². The SMILES string of the molecule is COCCNC(=O)CNc1cccc(NC(=O)c2ccccc2)c1. The van der Waals surface area contributed by atoms with Gasteiger partial charge in [-0.2, -0.15) is 0 Å². The van der Waals surface area contributed by atoms with Gasteiger partial charge in [0.15, 0.2) is 0 Å². The molecule has 6 nitrogen and oxygen atoms in total. The summed E-state index contributed by atoms with van der Waals surface area (Å²) in [6.45, 7) is 1.11. The third-order valence-corrected chi connectivity index (χ3v) is 3.24. The molecule has 0 radical (unpaired) electrons. The first-order valence-electron chi connectivity index (χ1n) is 7.65. The van der Waals surface area contributed by atoms with Crippen molar-refractivity contribution in [1.29, 1.82) is 0 Å². The van der Waals surface area contributed by atoms with Crippen LogP contribution < -0.4 is 16.0 Å². The number of methoxy groups -OCH3 is 1. The van der Waals surface area contributed by atoms with Gasteiger partial charge in [-0.05, 0) is 30.3 Å². The number of carbonyl (C=O) groups excluding carboxylic acids is 2. The standard InChI is InChI=1S/C18H21N3O3/c1-24-11-10-19-17(22)13-20-15-8-5-9-16(12-15)21-18(23)14-6-3-2-4-7-14/h2-9,12,20H,10-11,13H2,1H3,(H,19,22)(H,21,23). The Morgan fingerprint density at radius 2 is 1.75 bits per heavy atom. The first-order valence-corrected chi connectivity index (χ1v) is 7.65. The lowest BCUT2D eigenvalue weighted by molar-refractivity contribution is -0.119. The molecule has 0 aliphatic heterocycles. The minimum Gasteiger partial charge on any atom is -0.383 e. The molecule has 2 rings (SSSR count). The smallest absolute Gasteiger partial charge is 0.255 e. The third kappa shape index (κ3) is 5.73. The molecule has 24 heavy (non-hydrogen) atoms. The lowest BCUT2D eigenvalue weighted by atomic mass is 10.2. The minimum absolute atomic E-state index is 0.120. The molecule has 2 amide bonds. The molecule has 0 fully saturated rings. The van der Waals surface area contributed by atoms with E-state index in [-0.39, 0.29) is 18.4 Å². The Morgan fingerprint density at radius 3 is 2.50 bits per heavy atom. The number of amides is 2. The topological polar surface area (TPSA) is 79.5 Å². The largest absolute Gasteiger partial charge is 0.383 e. The molecule has 0 aliphatic rings. The van der Waals surface area contributed by atoms with Gasteiger partial charge in [-0.3, -0.25) is 9.59 Å². The average Bonchev–Trinajstić information content (AvgIpc) is 2.61. The van der Waals surface area contributed by atoms with Crippen LogP contribution in [0.1, 0.15) is 10.4 Å². The lowest BCUT2D eigenvalue weighted by Gasteiger charge is -2.10. The van der Waals surface area contributed by atoms with Crippen LogP contribution in [0.2, 0.25) is 0 Å². The number of benzene rings is 2. The van der Waals surface area contributed by atoms with Gasteiger partial charge in [-0.15, -0.1) is 0 Å². The molecule has 0 saturated heterocycles. The Kier molecular flexibility index (Phi) is 6.79. The van der Waals surface area contributed by atoms with Gasteiger partial charge in [-0.25, -0.2) is 0 Å². The van der Waals surface area contributed by atoms with Crippen molar-refractivity contribution in [2.45, 2.75) is 0 Å². The summed E-state index contributed by atoms with van der Waals surface area (Å²) in [7, 11) is 1.58. The summed E-state index contributed by atoms with van der Waals surface area (Å²) in [6, 6.07) is 16.2. The van der Waals surface area contributed by atoms with Crippen molar-refractivity contribution in [3.63, 3.8) is 0 Å². The number of hydrogen-bond acceptors (Lipinski definition) is 4. The Hall–Kier alpha value is -2.86. The van der Waals surface area contributed by atoms with Crippen LogP contribution in [0.4, 0.5) is 11.4 Å². The van der Waals surface area contributed by atoms with E-state index in [4.69, 9.17) is 4.74 Å². The lowest BCUT2D eigenvalue weighted by Crippen LogP contribution is -2.32. The van der Waals surface area contributed by atoms with E-state index >= 15 is 0 Å². The van der Waals surface area contributed by atoms with Crippen molar-refractivity contribution >= 4 is 23.2 Å². The first kappa shape index (κ1) is 17.5. The summed E-state index contributed by atoms with van der Waals surface area (Å²) < 4.78 is 4.87. The predicted octanol–water partition coefficient (Wildman–Crippen LogP) is 2.11. The maximum atomic E-state index is 12.1. The van der Waals surface area contributed by atoms with E-state index in [9.17, 15) is 9.59 Å². The number of hydrogen-bond donors (Lipinski definition) is 3. The number of ether oxygens (including phenoxy) is 1. The molecule has 2 aromatic carbocycles. The first-order chi connectivity index (χ1) is 11.7. The van der Waals surface area contributed by atoms with Gasteiger partial charge in [0.25, 0.3) is 5.91 Å². The van der Waals surface area contributed by atoms with E-state index < -0.39 is 0 Å². The summed E-state index contributed by atoms with van der Waals surface area (Å²) in [5.41, 5.74) is 2.00. The zero-order valence-electron chi connectivity index (χ0n) is 13.5. The van der Waals surface area contributed by atoms with Gasteiger partial charge in [0, 0.05) is 30.6 Å². The van der Waals surface area contributed by atoms with E-state index in [1.54, 1.807) is 31.4 Å². The van der Waals surface area contributed by atoms with Crippen LogP contribution in [0, 0.1) is 0 Å². The summed E-state index contributed by atoms with van der Waals surface area (Å²) in [4.78, 5) is 23.8. The molecule has 0 spiro atoms. The second-order valence-electron chi connectivity index (χ2n) is 5.10. The monoisotopic (exact) mass is 327 g/mol. The van der Waals surface area contributed by atoms with E-state index in [2.05, 4.69) is 16.0 Å². The van der Waals surface area contributed by atoms with Crippen LogP contribution in [-0.4, -0.2) is 38.6 Å². The summed E-state index contributed by atoms with van der Waals surface area (Å²) in [5, 5.41) is 8.58. The van der Waals surface area contributed by atoms with Crippen LogP contribution in [0.3, 0.4) is 0 Å². The molecule has 3 N–H and O–H groups in total. The minimum atomic E-state index is -0.176.